The number of rotatable bonds is 6. The van der Waals surface area contributed by atoms with Gasteiger partial charge in [-0.05, 0) is 31.5 Å². The van der Waals surface area contributed by atoms with E-state index in [0.717, 1.165) is 5.56 Å². The fourth-order valence-electron chi connectivity index (χ4n) is 3.28. The number of nitrogens with zero attached hydrogens (tertiary/aromatic N) is 1. The molecule has 0 bridgehead atoms. The van der Waals surface area contributed by atoms with Crippen LogP contribution in [0, 0.1) is 5.92 Å². The molecule has 0 aromatic heterocycles. The monoisotopic (exact) mass is 352 g/mol. The van der Waals surface area contributed by atoms with Crippen LogP contribution in [0.3, 0.4) is 0 Å². The molecule has 0 saturated carbocycles. The number of likely N-dealkylation sites (tertiary alicyclic amines) is 1. The SMILES string of the molecule is CCOc1ccccc1NC(=O)[C@H]1CC(=O)N([C@@H](C)c2ccccc2)C1. The second-order valence-electron chi connectivity index (χ2n) is 6.45. The lowest BCUT2D eigenvalue weighted by molar-refractivity contribution is -0.129. The molecule has 0 spiro atoms. The van der Waals surface area contributed by atoms with Crippen molar-refractivity contribution in [1.82, 2.24) is 4.90 Å². The van der Waals surface area contributed by atoms with Crippen molar-refractivity contribution in [3.8, 4) is 5.75 Å². The Morgan fingerprint density at radius 2 is 1.88 bits per heavy atom. The van der Waals surface area contributed by atoms with Gasteiger partial charge in [0.2, 0.25) is 11.8 Å². The van der Waals surface area contributed by atoms with E-state index in [1.165, 1.54) is 0 Å². The van der Waals surface area contributed by atoms with Crippen LogP contribution < -0.4 is 10.1 Å². The zero-order valence-electron chi connectivity index (χ0n) is 15.1. The Morgan fingerprint density at radius 1 is 1.19 bits per heavy atom. The molecule has 2 amide bonds. The molecule has 2 atom stereocenters. The summed E-state index contributed by atoms with van der Waals surface area (Å²) in [5.41, 5.74) is 1.71. The molecule has 2 aromatic carbocycles. The molecule has 5 nitrogen and oxygen atoms in total. The van der Waals surface area contributed by atoms with Gasteiger partial charge in [-0.1, -0.05) is 42.5 Å². The maximum Gasteiger partial charge on any atom is 0.229 e. The summed E-state index contributed by atoms with van der Waals surface area (Å²) in [4.78, 5) is 26.9. The number of para-hydroxylation sites is 2. The highest BCUT2D eigenvalue weighted by atomic mass is 16.5. The van der Waals surface area contributed by atoms with Crippen LogP contribution in [-0.4, -0.2) is 29.9 Å². The summed E-state index contributed by atoms with van der Waals surface area (Å²) >= 11 is 0. The Bertz CT molecular complexity index is 776. The first kappa shape index (κ1) is 18.0. The van der Waals surface area contributed by atoms with Crippen LogP contribution in [0.2, 0.25) is 0 Å². The normalized spacial score (nSPS) is 17.8. The first-order valence-electron chi connectivity index (χ1n) is 8.97. The van der Waals surface area contributed by atoms with Gasteiger partial charge in [-0.2, -0.15) is 0 Å². The molecule has 3 rings (SSSR count). The Balaban J connectivity index is 1.68. The maximum atomic E-state index is 12.7. The van der Waals surface area contributed by atoms with Crippen LogP contribution in [0.4, 0.5) is 5.69 Å². The average molecular weight is 352 g/mol. The van der Waals surface area contributed by atoms with Crippen molar-refractivity contribution in [3.63, 3.8) is 0 Å². The van der Waals surface area contributed by atoms with Crippen molar-refractivity contribution < 1.29 is 14.3 Å². The molecule has 1 heterocycles. The number of nitrogens with one attached hydrogen (secondary N) is 1. The third kappa shape index (κ3) is 3.87. The highest BCUT2D eigenvalue weighted by molar-refractivity contribution is 5.98. The molecule has 0 radical (unpaired) electrons. The third-order valence-electron chi connectivity index (χ3n) is 4.72. The Kier molecular flexibility index (Phi) is 5.56. The van der Waals surface area contributed by atoms with Crippen molar-refractivity contribution >= 4 is 17.5 Å². The van der Waals surface area contributed by atoms with E-state index < -0.39 is 0 Å². The van der Waals surface area contributed by atoms with Crippen LogP contribution in [-0.2, 0) is 9.59 Å². The predicted molar refractivity (Wildman–Crippen MR) is 101 cm³/mol. The minimum atomic E-state index is -0.358. The molecule has 0 aliphatic carbocycles. The van der Waals surface area contributed by atoms with Gasteiger partial charge in [0.1, 0.15) is 5.75 Å². The van der Waals surface area contributed by atoms with E-state index in [1.54, 1.807) is 4.90 Å². The zero-order chi connectivity index (χ0) is 18.5. The quantitative estimate of drug-likeness (QED) is 0.864. The lowest BCUT2D eigenvalue weighted by Gasteiger charge is -2.25. The first-order chi connectivity index (χ1) is 12.6. The van der Waals surface area contributed by atoms with E-state index in [4.69, 9.17) is 4.74 Å². The van der Waals surface area contributed by atoms with Gasteiger partial charge >= 0.3 is 0 Å². The molecule has 1 aliphatic rings. The lowest BCUT2D eigenvalue weighted by Crippen LogP contribution is -2.30. The van der Waals surface area contributed by atoms with Crippen molar-refractivity contribution in [2.45, 2.75) is 26.3 Å². The van der Waals surface area contributed by atoms with Gasteiger partial charge < -0.3 is 15.0 Å². The standard InChI is InChI=1S/C21H24N2O3/c1-3-26-19-12-8-7-11-18(19)22-21(25)17-13-20(24)23(14-17)15(2)16-9-5-4-6-10-16/h4-12,15,17H,3,13-14H2,1-2H3,(H,22,25)/t15-,17-/m0/s1. The van der Waals surface area contributed by atoms with Crippen LogP contribution >= 0.6 is 0 Å². The number of hydrogen-bond acceptors (Lipinski definition) is 3. The minimum absolute atomic E-state index is 0.0135. The van der Waals surface area contributed by atoms with Crippen LogP contribution in [0.1, 0.15) is 31.9 Å². The van der Waals surface area contributed by atoms with E-state index in [9.17, 15) is 9.59 Å². The number of amides is 2. The number of benzene rings is 2. The molecule has 1 N–H and O–H groups in total. The van der Waals surface area contributed by atoms with Crippen LogP contribution in [0.25, 0.3) is 0 Å². The van der Waals surface area contributed by atoms with Crippen molar-refractivity contribution in [2.75, 3.05) is 18.5 Å². The second-order valence-corrected chi connectivity index (χ2v) is 6.45. The van der Waals surface area contributed by atoms with E-state index in [0.29, 0.717) is 24.6 Å². The largest absolute Gasteiger partial charge is 0.492 e. The summed E-state index contributed by atoms with van der Waals surface area (Å²) in [7, 11) is 0. The number of ether oxygens (including phenoxy) is 1. The van der Waals surface area contributed by atoms with Crippen molar-refractivity contribution in [3.05, 3.63) is 60.2 Å². The van der Waals surface area contributed by atoms with Crippen molar-refractivity contribution in [2.24, 2.45) is 5.92 Å². The van der Waals surface area contributed by atoms with Crippen LogP contribution in [0.15, 0.2) is 54.6 Å². The molecule has 26 heavy (non-hydrogen) atoms. The van der Waals surface area contributed by atoms with Gasteiger partial charge in [0.05, 0.1) is 24.3 Å². The summed E-state index contributed by atoms with van der Waals surface area (Å²) in [5, 5.41) is 2.91. The molecule has 1 fully saturated rings. The topological polar surface area (TPSA) is 58.6 Å². The molecular weight excluding hydrogens is 328 g/mol. The Morgan fingerprint density at radius 3 is 2.62 bits per heavy atom. The average Bonchev–Trinajstić information content (AvgIpc) is 3.05. The van der Waals surface area contributed by atoms with E-state index >= 15 is 0 Å². The van der Waals surface area contributed by atoms with Crippen LogP contribution in [0.5, 0.6) is 5.75 Å². The first-order valence-corrected chi connectivity index (χ1v) is 8.97. The number of hydrogen-bond donors (Lipinski definition) is 1. The lowest BCUT2D eigenvalue weighted by atomic mass is 10.1. The summed E-state index contributed by atoms with van der Waals surface area (Å²) in [6.45, 7) is 4.85. The molecule has 1 saturated heterocycles. The summed E-state index contributed by atoms with van der Waals surface area (Å²) < 4.78 is 5.55. The fourth-order valence-corrected chi connectivity index (χ4v) is 3.28. The number of carbonyl (C=O) groups excluding carboxylic acids is 2. The van der Waals surface area contributed by atoms with Gasteiger partial charge in [-0.15, -0.1) is 0 Å². The minimum Gasteiger partial charge on any atom is -0.492 e. The molecule has 2 aromatic rings. The molecule has 1 aliphatic heterocycles. The Hall–Kier alpha value is -2.82. The van der Waals surface area contributed by atoms with E-state index in [-0.39, 0.29) is 30.2 Å². The highest BCUT2D eigenvalue weighted by Gasteiger charge is 2.37. The predicted octanol–water partition coefficient (Wildman–Crippen LogP) is 3.63. The zero-order valence-corrected chi connectivity index (χ0v) is 15.1. The van der Waals surface area contributed by atoms with Crippen molar-refractivity contribution in [1.29, 1.82) is 0 Å². The maximum absolute atomic E-state index is 12.7. The number of carbonyl (C=O) groups is 2. The summed E-state index contributed by atoms with van der Waals surface area (Å²) in [6, 6.07) is 17.2. The second kappa shape index (κ2) is 8.04. The molecule has 5 heteroatoms. The van der Waals surface area contributed by atoms with Gasteiger partial charge in [0.15, 0.2) is 0 Å². The Labute approximate surface area is 154 Å². The van der Waals surface area contributed by atoms with E-state index in [2.05, 4.69) is 5.32 Å². The fraction of sp³-hybridized carbons (Fsp3) is 0.333. The smallest absolute Gasteiger partial charge is 0.229 e. The highest BCUT2D eigenvalue weighted by Crippen LogP contribution is 2.30. The summed E-state index contributed by atoms with van der Waals surface area (Å²) in [5.74, 6) is 0.151. The van der Waals surface area contributed by atoms with E-state index in [1.807, 2.05) is 68.4 Å². The number of anilines is 1. The summed E-state index contributed by atoms with van der Waals surface area (Å²) in [6.07, 6.45) is 0.236. The van der Waals surface area contributed by atoms with Gasteiger partial charge in [-0.3, -0.25) is 9.59 Å². The van der Waals surface area contributed by atoms with Gasteiger partial charge in [0, 0.05) is 13.0 Å². The molecular formula is C21H24N2O3. The third-order valence-corrected chi connectivity index (χ3v) is 4.72. The van der Waals surface area contributed by atoms with Gasteiger partial charge in [0.25, 0.3) is 0 Å². The molecule has 0 unspecified atom stereocenters. The molecule has 136 valence electrons. The van der Waals surface area contributed by atoms with Gasteiger partial charge in [-0.25, -0.2) is 0 Å².